The number of nitrogens with one attached hydrogen (secondary N) is 1. The highest BCUT2D eigenvalue weighted by Crippen LogP contribution is 2.27. The summed E-state index contributed by atoms with van der Waals surface area (Å²) in [6.45, 7) is 1.74. The van der Waals surface area contributed by atoms with Crippen LogP contribution < -0.4 is 11.1 Å². The number of carbonyl (C=O) groups excluding carboxylic acids is 1. The smallest absolute Gasteiger partial charge is 0.224 e. The second-order valence-corrected chi connectivity index (χ2v) is 5.82. The molecule has 1 aliphatic rings. The first-order valence-corrected chi connectivity index (χ1v) is 7.58. The Morgan fingerprint density at radius 2 is 2.32 bits per heavy atom. The molecule has 2 aromatic rings. The molecule has 0 spiro atoms. The molecule has 1 fully saturated rings. The summed E-state index contributed by atoms with van der Waals surface area (Å²) >= 11 is 0. The van der Waals surface area contributed by atoms with Gasteiger partial charge in [0.25, 0.3) is 0 Å². The van der Waals surface area contributed by atoms with E-state index in [1.54, 1.807) is 6.92 Å². The lowest BCUT2D eigenvalue weighted by molar-refractivity contribution is -0.117. The number of aromatic nitrogens is 2. The van der Waals surface area contributed by atoms with Crippen molar-refractivity contribution in [2.45, 2.75) is 38.6 Å². The lowest BCUT2D eigenvalue weighted by atomic mass is 10.00. The molecular formula is C16H20N4O2. The molecule has 0 bridgehead atoms. The fourth-order valence-electron chi connectivity index (χ4n) is 2.92. The highest BCUT2D eigenvalue weighted by atomic mass is 16.5. The van der Waals surface area contributed by atoms with Gasteiger partial charge in [-0.1, -0.05) is 23.7 Å². The Morgan fingerprint density at radius 3 is 3.00 bits per heavy atom. The molecular weight excluding hydrogens is 280 g/mol. The summed E-state index contributed by atoms with van der Waals surface area (Å²) in [6, 6.07) is 7.59. The third-order valence-electron chi connectivity index (χ3n) is 4.10. The van der Waals surface area contributed by atoms with Gasteiger partial charge in [-0.25, -0.2) is 0 Å². The Labute approximate surface area is 129 Å². The molecule has 6 nitrogen and oxygen atoms in total. The number of hydrogen-bond donors (Lipinski definition) is 2. The molecule has 116 valence electrons. The summed E-state index contributed by atoms with van der Waals surface area (Å²) in [6.07, 6.45) is 3.65. The summed E-state index contributed by atoms with van der Waals surface area (Å²) in [4.78, 5) is 16.3. The van der Waals surface area contributed by atoms with Gasteiger partial charge in [0, 0.05) is 30.6 Å². The van der Waals surface area contributed by atoms with Crippen LogP contribution in [0.3, 0.4) is 0 Å². The first-order valence-electron chi connectivity index (χ1n) is 7.58. The van der Waals surface area contributed by atoms with Crippen molar-refractivity contribution in [1.29, 1.82) is 0 Å². The molecule has 1 aromatic carbocycles. The van der Waals surface area contributed by atoms with Crippen molar-refractivity contribution in [2.24, 2.45) is 11.7 Å². The molecule has 0 saturated heterocycles. The number of hydrogen-bond acceptors (Lipinski definition) is 5. The SMILES string of the molecule is Cc1nc(-c2cccc(NC(=O)C[C@@H]3CCC[C@H]3N)c2)no1. The highest BCUT2D eigenvalue weighted by molar-refractivity contribution is 5.91. The van der Waals surface area contributed by atoms with Gasteiger partial charge in [0.1, 0.15) is 0 Å². The van der Waals surface area contributed by atoms with Crippen LogP contribution >= 0.6 is 0 Å². The first kappa shape index (κ1) is 14.7. The van der Waals surface area contributed by atoms with E-state index in [4.69, 9.17) is 10.3 Å². The van der Waals surface area contributed by atoms with Crippen molar-refractivity contribution in [3.63, 3.8) is 0 Å². The third kappa shape index (κ3) is 3.33. The van der Waals surface area contributed by atoms with E-state index >= 15 is 0 Å². The molecule has 1 saturated carbocycles. The molecule has 1 heterocycles. The standard InChI is InChI=1S/C16H20N4O2/c1-10-18-16(20-22-10)12-5-2-6-13(8-12)19-15(21)9-11-4-3-7-14(11)17/h2,5-6,8,11,14H,3-4,7,9,17H2,1H3,(H,19,21)/t11-,14+/m0/s1. The summed E-state index contributed by atoms with van der Waals surface area (Å²) < 4.78 is 4.98. The Balaban J connectivity index is 1.66. The summed E-state index contributed by atoms with van der Waals surface area (Å²) in [5.41, 5.74) is 7.56. The first-order chi connectivity index (χ1) is 10.6. The van der Waals surface area contributed by atoms with Crippen LogP contribution in [0.4, 0.5) is 5.69 Å². The van der Waals surface area contributed by atoms with Gasteiger partial charge in [-0.15, -0.1) is 0 Å². The van der Waals surface area contributed by atoms with Crippen LogP contribution in [-0.2, 0) is 4.79 Å². The second kappa shape index (κ2) is 6.27. The quantitative estimate of drug-likeness (QED) is 0.904. The zero-order valence-corrected chi connectivity index (χ0v) is 12.6. The van der Waals surface area contributed by atoms with E-state index in [-0.39, 0.29) is 11.9 Å². The van der Waals surface area contributed by atoms with Gasteiger partial charge in [-0.2, -0.15) is 4.98 Å². The van der Waals surface area contributed by atoms with Crippen molar-refractivity contribution in [1.82, 2.24) is 10.1 Å². The number of rotatable bonds is 4. The van der Waals surface area contributed by atoms with Crippen LogP contribution in [0, 0.1) is 12.8 Å². The molecule has 0 aliphatic heterocycles. The third-order valence-corrected chi connectivity index (χ3v) is 4.10. The minimum Gasteiger partial charge on any atom is -0.339 e. The number of carbonyl (C=O) groups is 1. The van der Waals surface area contributed by atoms with Crippen LogP contribution in [0.5, 0.6) is 0 Å². The minimum absolute atomic E-state index is 0.00351. The molecule has 1 aliphatic carbocycles. The zero-order chi connectivity index (χ0) is 15.5. The molecule has 0 unspecified atom stereocenters. The van der Waals surface area contributed by atoms with Gasteiger partial charge in [0.2, 0.25) is 17.6 Å². The fraction of sp³-hybridized carbons (Fsp3) is 0.438. The average molecular weight is 300 g/mol. The fourth-order valence-corrected chi connectivity index (χ4v) is 2.92. The van der Waals surface area contributed by atoms with Crippen molar-refractivity contribution in [3.05, 3.63) is 30.2 Å². The number of benzene rings is 1. The lowest BCUT2D eigenvalue weighted by Gasteiger charge is -2.14. The Morgan fingerprint density at radius 1 is 1.45 bits per heavy atom. The average Bonchev–Trinajstić information content (AvgIpc) is 3.09. The normalized spacial score (nSPS) is 21.0. The van der Waals surface area contributed by atoms with E-state index in [0.717, 1.165) is 30.5 Å². The van der Waals surface area contributed by atoms with Crippen LogP contribution in [0.25, 0.3) is 11.4 Å². The van der Waals surface area contributed by atoms with Crippen LogP contribution in [0.15, 0.2) is 28.8 Å². The van der Waals surface area contributed by atoms with E-state index in [2.05, 4.69) is 15.5 Å². The number of anilines is 1. The van der Waals surface area contributed by atoms with E-state index in [0.29, 0.717) is 24.1 Å². The second-order valence-electron chi connectivity index (χ2n) is 5.82. The maximum atomic E-state index is 12.1. The molecule has 22 heavy (non-hydrogen) atoms. The van der Waals surface area contributed by atoms with Gasteiger partial charge in [0.15, 0.2) is 0 Å². The summed E-state index contributed by atoms with van der Waals surface area (Å²) in [7, 11) is 0. The largest absolute Gasteiger partial charge is 0.339 e. The van der Waals surface area contributed by atoms with E-state index < -0.39 is 0 Å². The molecule has 1 aromatic heterocycles. The lowest BCUT2D eigenvalue weighted by Crippen LogP contribution is -2.28. The number of nitrogens with zero attached hydrogens (tertiary/aromatic N) is 2. The van der Waals surface area contributed by atoms with Crippen LogP contribution in [-0.4, -0.2) is 22.1 Å². The predicted octanol–water partition coefficient (Wildman–Crippen LogP) is 2.50. The summed E-state index contributed by atoms with van der Waals surface area (Å²) in [5, 5.41) is 6.81. The Hall–Kier alpha value is -2.21. The highest BCUT2D eigenvalue weighted by Gasteiger charge is 2.26. The molecule has 6 heteroatoms. The number of amides is 1. The monoisotopic (exact) mass is 300 g/mol. The molecule has 2 atom stereocenters. The van der Waals surface area contributed by atoms with Gasteiger partial charge >= 0.3 is 0 Å². The molecule has 3 rings (SSSR count). The Bertz CT molecular complexity index is 668. The minimum atomic E-state index is 0.00351. The number of nitrogens with two attached hydrogens (primary N) is 1. The molecule has 0 radical (unpaired) electrons. The van der Waals surface area contributed by atoms with Gasteiger partial charge in [0.05, 0.1) is 0 Å². The van der Waals surface area contributed by atoms with Gasteiger partial charge < -0.3 is 15.6 Å². The van der Waals surface area contributed by atoms with E-state index in [9.17, 15) is 4.79 Å². The van der Waals surface area contributed by atoms with E-state index in [1.807, 2.05) is 24.3 Å². The Kier molecular flexibility index (Phi) is 4.20. The van der Waals surface area contributed by atoms with Crippen molar-refractivity contribution >= 4 is 11.6 Å². The van der Waals surface area contributed by atoms with E-state index in [1.165, 1.54) is 0 Å². The van der Waals surface area contributed by atoms with Crippen molar-refractivity contribution < 1.29 is 9.32 Å². The predicted molar refractivity (Wildman–Crippen MR) is 83.0 cm³/mol. The molecule has 3 N–H and O–H groups in total. The topological polar surface area (TPSA) is 94.0 Å². The number of aryl methyl sites for hydroxylation is 1. The van der Waals surface area contributed by atoms with Gasteiger partial charge in [-0.05, 0) is 30.9 Å². The van der Waals surface area contributed by atoms with Gasteiger partial charge in [-0.3, -0.25) is 4.79 Å². The van der Waals surface area contributed by atoms with Crippen molar-refractivity contribution in [3.8, 4) is 11.4 Å². The van der Waals surface area contributed by atoms with Crippen molar-refractivity contribution in [2.75, 3.05) is 5.32 Å². The zero-order valence-electron chi connectivity index (χ0n) is 12.6. The summed E-state index contributed by atoms with van der Waals surface area (Å²) in [5.74, 6) is 1.33. The maximum Gasteiger partial charge on any atom is 0.224 e. The van der Waals surface area contributed by atoms with Crippen LogP contribution in [0.1, 0.15) is 31.6 Å². The maximum absolute atomic E-state index is 12.1. The molecule has 1 amide bonds. The van der Waals surface area contributed by atoms with Crippen LogP contribution in [0.2, 0.25) is 0 Å².